The van der Waals surface area contributed by atoms with E-state index < -0.39 is 24.2 Å². The summed E-state index contributed by atoms with van der Waals surface area (Å²) in [7, 11) is 0. The number of hydrogen-bond acceptors (Lipinski definition) is 9. The highest BCUT2D eigenvalue weighted by atomic mass is 16.6. The zero-order valence-corrected chi connectivity index (χ0v) is 31.2. The first kappa shape index (κ1) is 38.6. The zero-order valence-electron chi connectivity index (χ0n) is 31.2. The number of carboxylic acid groups (broad SMARTS) is 1. The number of aliphatic hydroxyl groups is 1. The topological polar surface area (TPSA) is 173 Å². The lowest BCUT2D eigenvalue weighted by Crippen LogP contribution is -2.52. The minimum absolute atomic E-state index is 0.0691. The summed E-state index contributed by atoms with van der Waals surface area (Å²) in [5.74, 6) is 0.000606. The van der Waals surface area contributed by atoms with E-state index >= 15 is 0 Å². The van der Waals surface area contributed by atoms with Crippen molar-refractivity contribution in [3.05, 3.63) is 141 Å². The van der Waals surface area contributed by atoms with Crippen molar-refractivity contribution in [1.29, 1.82) is 0 Å². The number of carbonyl (C=O) groups excluding carboxylic acids is 1. The number of amides is 1. The molecule has 3 aliphatic heterocycles. The second kappa shape index (κ2) is 17.8. The summed E-state index contributed by atoms with van der Waals surface area (Å²) in [6.07, 6.45) is 2.52. The summed E-state index contributed by atoms with van der Waals surface area (Å²) in [4.78, 5) is 41.8. The highest BCUT2D eigenvalue weighted by Gasteiger charge is 2.37. The van der Waals surface area contributed by atoms with Crippen molar-refractivity contribution in [3.8, 4) is 11.5 Å². The van der Waals surface area contributed by atoms with Crippen LogP contribution in [0.4, 0.5) is 4.79 Å². The number of rotatable bonds is 16. The molecule has 0 radical (unpaired) electrons. The Morgan fingerprint density at radius 3 is 2.46 bits per heavy atom. The van der Waals surface area contributed by atoms with Crippen molar-refractivity contribution >= 4 is 23.0 Å². The number of ether oxygens (including phenoxy) is 2. The molecule has 3 fully saturated rings. The molecule has 4 heterocycles. The van der Waals surface area contributed by atoms with Gasteiger partial charge in [-0.2, -0.15) is 0 Å². The van der Waals surface area contributed by atoms with Gasteiger partial charge in [0.25, 0.3) is 0 Å². The average molecular weight is 761 g/mol. The molecule has 3 atom stereocenters. The number of aryl methyl sites for hydroxylation is 1. The van der Waals surface area contributed by atoms with Gasteiger partial charge in [0.1, 0.15) is 17.6 Å². The van der Waals surface area contributed by atoms with E-state index in [0.717, 1.165) is 54.7 Å². The fourth-order valence-corrected chi connectivity index (χ4v) is 7.93. The van der Waals surface area contributed by atoms with Crippen LogP contribution < -0.4 is 20.9 Å². The van der Waals surface area contributed by atoms with E-state index in [4.69, 9.17) is 9.47 Å². The van der Waals surface area contributed by atoms with E-state index in [2.05, 4.69) is 20.5 Å². The Balaban J connectivity index is 0.947. The van der Waals surface area contributed by atoms with E-state index in [0.29, 0.717) is 55.0 Å². The molecule has 12 nitrogen and oxygen atoms in total. The third-order valence-electron chi connectivity index (χ3n) is 10.9. The van der Waals surface area contributed by atoms with Gasteiger partial charge in [0.2, 0.25) is 5.56 Å². The Morgan fingerprint density at radius 2 is 1.70 bits per heavy atom. The number of H-pyrrole nitrogens is 1. The number of piperidine rings is 3. The summed E-state index contributed by atoms with van der Waals surface area (Å²) in [5.41, 5.74) is 4.42. The minimum atomic E-state index is -0.996. The second-order valence-corrected chi connectivity index (χ2v) is 14.6. The summed E-state index contributed by atoms with van der Waals surface area (Å²) < 4.78 is 12.2. The van der Waals surface area contributed by atoms with Gasteiger partial charge in [-0.3, -0.25) is 9.69 Å². The number of pyridine rings is 1. The third-order valence-corrected chi connectivity index (χ3v) is 10.9. The maximum atomic E-state index is 13.3. The predicted molar refractivity (Wildman–Crippen MR) is 212 cm³/mol. The molecule has 1 aromatic heterocycles. The van der Waals surface area contributed by atoms with Crippen LogP contribution in [-0.4, -0.2) is 82.7 Å². The van der Waals surface area contributed by atoms with E-state index in [1.807, 2.05) is 60.7 Å². The maximum absolute atomic E-state index is 13.3. The zero-order chi connectivity index (χ0) is 39.0. The monoisotopic (exact) mass is 760 g/mol. The highest BCUT2D eigenvalue weighted by Crippen LogP contribution is 2.31. The number of aliphatic hydroxyl groups excluding tert-OH is 1. The summed E-state index contributed by atoms with van der Waals surface area (Å²) in [5, 5.41) is 37.8. The molecule has 3 saturated heterocycles. The predicted octanol–water partition coefficient (Wildman–Crippen LogP) is 5.72. The van der Waals surface area contributed by atoms with Gasteiger partial charge < -0.3 is 40.4 Å². The van der Waals surface area contributed by atoms with Crippen LogP contribution in [0.3, 0.4) is 0 Å². The number of nitrogens with zero attached hydrogens (tertiary/aromatic N) is 1. The molecule has 0 saturated carbocycles. The van der Waals surface area contributed by atoms with E-state index in [9.17, 15) is 29.7 Å². The van der Waals surface area contributed by atoms with Gasteiger partial charge in [0.05, 0.1) is 29.8 Å². The Hall–Kier alpha value is -5.69. The fraction of sp³-hybridized carbons (Fsp3) is 0.341. The minimum Gasteiger partial charge on any atom is -0.506 e. The number of aromatic hydroxyl groups is 1. The molecule has 4 aromatic carbocycles. The first-order chi connectivity index (χ1) is 27.2. The number of aromatic nitrogens is 1. The molecule has 8 rings (SSSR count). The van der Waals surface area contributed by atoms with Crippen LogP contribution in [0.1, 0.15) is 69.6 Å². The van der Waals surface area contributed by atoms with Gasteiger partial charge in [0, 0.05) is 24.5 Å². The van der Waals surface area contributed by atoms with Crippen molar-refractivity contribution in [2.24, 2.45) is 5.92 Å². The van der Waals surface area contributed by atoms with E-state index in [1.54, 1.807) is 24.3 Å². The van der Waals surface area contributed by atoms with Crippen molar-refractivity contribution in [3.63, 3.8) is 0 Å². The number of aromatic amines is 1. The molecule has 3 aliphatic rings. The van der Waals surface area contributed by atoms with Crippen LogP contribution in [-0.2, 0) is 17.6 Å². The number of alkyl carbamates (subject to hydrolysis) is 1. The van der Waals surface area contributed by atoms with Gasteiger partial charge in [-0.1, -0.05) is 54.6 Å². The number of nitrogens with one attached hydrogen (secondary N) is 3. The highest BCUT2D eigenvalue weighted by molar-refractivity contribution is 5.88. The molecule has 1 amide bonds. The van der Waals surface area contributed by atoms with Crippen molar-refractivity contribution in [2.45, 2.75) is 50.4 Å². The quantitative estimate of drug-likeness (QED) is 0.0684. The maximum Gasteiger partial charge on any atom is 0.408 e. The van der Waals surface area contributed by atoms with Gasteiger partial charge >= 0.3 is 12.1 Å². The Labute approximate surface area is 325 Å². The van der Waals surface area contributed by atoms with Crippen LogP contribution in [0.5, 0.6) is 11.5 Å². The summed E-state index contributed by atoms with van der Waals surface area (Å²) in [6.45, 7) is 4.07. The largest absolute Gasteiger partial charge is 0.506 e. The number of hydrogen-bond donors (Lipinski definition) is 6. The van der Waals surface area contributed by atoms with Crippen LogP contribution in [0, 0.1) is 5.92 Å². The number of aromatic carboxylic acids is 1. The number of carbonyl (C=O) groups is 2. The second-order valence-electron chi connectivity index (χ2n) is 14.6. The summed E-state index contributed by atoms with van der Waals surface area (Å²) in [6, 6.07) is 28.2. The number of phenolic OH excluding ortho intramolecular Hbond substituents is 1. The molecule has 0 spiro atoms. The third kappa shape index (κ3) is 9.39. The van der Waals surface area contributed by atoms with Crippen LogP contribution in [0.25, 0.3) is 10.9 Å². The fourth-order valence-electron chi connectivity index (χ4n) is 7.93. The van der Waals surface area contributed by atoms with Crippen LogP contribution in [0.15, 0.2) is 102 Å². The molecular weight excluding hydrogens is 713 g/mol. The molecule has 6 N–H and O–H groups in total. The Bertz CT molecular complexity index is 2200. The number of benzene rings is 4. The standard InChI is InChI=1S/C44H48N4O8/c49-37-15-13-35(36-14-16-40(51)46-42(36)37)38(50)26-45-20-17-28-11-12-33(43(52)53)24-31(28)9-5-23-55-34-10-4-8-32(25-34)41(30-6-2-1-3-7-30)47-44(54)56-39-27-48-21-18-29(39)19-22-48/h1-4,6-8,10-16,24-25,29,38-39,41,45,49-50H,5,9,17-23,26-27H2,(H,46,51)(H,47,54)(H,52,53)/t38-,39-,41?/m0/s1. The molecule has 292 valence electrons. The Kier molecular flexibility index (Phi) is 12.3. The number of fused-ring (bicyclic) bond motifs is 4. The molecule has 5 aromatic rings. The van der Waals surface area contributed by atoms with E-state index in [1.165, 1.54) is 12.1 Å². The van der Waals surface area contributed by atoms with Gasteiger partial charge in [-0.25, -0.2) is 9.59 Å². The van der Waals surface area contributed by atoms with Crippen molar-refractivity contribution in [1.82, 2.24) is 20.5 Å². The van der Waals surface area contributed by atoms with Gasteiger partial charge in [-0.05, 0) is 122 Å². The van der Waals surface area contributed by atoms with E-state index in [-0.39, 0.29) is 35.0 Å². The summed E-state index contributed by atoms with van der Waals surface area (Å²) >= 11 is 0. The molecule has 1 unspecified atom stereocenters. The van der Waals surface area contributed by atoms with Crippen LogP contribution in [0.2, 0.25) is 0 Å². The molecular formula is C44H48N4O8. The van der Waals surface area contributed by atoms with Crippen LogP contribution >= 0.6 is 0 Å². The van der Waals surface area contributed by atoms with Crippen molar-refractivity contribution in [2.75, 3.05) is 39.3 Å². The first-order valence-electron chi connectivity index (χ1n) is 19.3. The number of carboxylic acids is 1. The molecule has 56 heavy (non-hydrogen) atoms. The van der Waals surface area contributed by atoms with Gasteiger partial charge in [-0.15, -0.1) is 0 Å². The lowest BCUT2D eigenvalue weighted by Gasteiger charge is -2.43. The molecule has 12 heteroatoms. The average Bonchev–Trinajstić information content (AvgIpc) is 3.21. The molecule has 2 bridgehead atoms. The SMILES string of the molecule is O=C(NC(c1ccccc1)c1cccc(OCCCc2cc(C(=O)O)ccc2CCNC[C@H](O)c2ccc(O)c3[nH]c(=O)ccc23)c1)O[C@H]1CN2CCC1CC2. The first-order valence-corrected chi connectivity index (χ1v) is 19.3. The lowest BCUT2D eigenvalue weighted by atomic mass is 9.86. The Morgan fingerprint density at radius 1 is 0.893 bits per heavy atom. The number of phenols is 1. The molecule has 0 aliphatic carbocycles. The van der Waals surface area contributed by atoms with Crippen molar-refractivity contribution < 1.29 is 34.4 Å². The van der Waals surface area contributed by atoms with Gasteiger partial charge in [0.15, 0.2) is 0 Å². The normalized spacial score (nSPS) is 18.6. The smallest absolute Gasteiger partial charge is 0.408 e. The lowest BCUT2D eigenvalue weighted by molar-refractivity contribution is -0.0336.